The van der Waals surface area contributed by atoms with Crippen LogP contribution in [0.2, 0.25) is 0 Å². The number of hydrogen-bond acceptors (Lipinski definition) is 4. The highest BCUT2D eigenvalue weighted by Crippen LogP contribution is 2.21. The van der Waals surface area contributed by atoms with Crippen molar-refractivity contribution in [2.75, 3.05) is 43.6 Å². The molecule has 116 valence electrons. The summed E-state index contributed by atoms with van der Waals surface area (Å²) in [5.41, 5.74) is 2.23. The third kappa shape index (κ3) is 4.93. The second-order valence-electron chi connectivity index (χ2n) is 5.52. The molecule has 1 fully saturated rings. The van der Waals surface area contributed by atoms with Crippen molar-refractivity contribution in [3.63, 3.8) is 0 Å². The molecule has 0 radical (unpaired) electrons. The molecule has 0 aromatic heterocycles. The molecule has 1 heterocycles. The van der Waals surface area contributed by atoms with E-state index in [1.165, 1.54) is 18.5 Å². The lowest BCUT2D eigenvalue weighted by atomic mass is 10.2. The van der Waals surface area contributed by atoms with Crippen LogP contribution < -0.4 is 15.5 Å². The molecule has 1 saturated heterocycles. The minimum Gasteiger partial charge on any atom is -0.383 e. The van der Waals surface area contributed by atoms with E-state index in [0.29, 0.717) is 6.61 Å². The van der Waals surface area contributed by atoms with Crippen LogP contribution in [-0.2, 0) is 9.53 Å². The summed E-state index contributed by atoms with van der Waals surface area (Å²) in [6, 6.07) is 8.30. The fourth-order valence-electron chi connectivity index (χ4n) is 2.57. The van der Waals surface area contributed by atoms with Crippen molar-refractivity contribution in [1.82, 2.24) is 5.32 Å². The first-order valence-corrected chi connectivity index (χ1v) is 7.56. The van der Waals surface area contributed by atoms with Gasteiger partial charge in [-0.05, 0) is 44.0 Å². The number of benzene rings is 1. The van der Waals surface area contributed by atoms with Crippen molar-refractivity contribution < 1.29 is 9.53 Å². The van der Waals surface area contributed by atoms with E-state index in [-0.39, 0.29) is 18.5 Å². The van der Waals surface area contributed by atoms with Crippen molar-refractivity contribution >= 4 is 17.3 Å². The third-order valence-corrected chi connectivity index (χ3v) is 3.62. The van der Waals surface area contributed by atoms with Crippen molar-refractivity contribution in [2.24, 2.45) is 0 Å². The molecule has 21 heavy (non-hydrogen) atoms. The van der Waals surface area contributed by atoms with E-state index >= 15 is 0 Å². The van der Waals surface area contributed by atoms with Gasteiger partial charge in [-0.3, -0.25) is 4.79 Å². The van der Waals surface area contributed by atoms with Crippen LogP contribution in [0.5, 0.6) is 0 Å². The van der Waals surface area contributed by atoms with Gasteiger partial charge in [0, 0.05) is 37.6 Å². The highest BCUT2D eigenvalue weighted by Gasteiger charge is 2.12. The van der Waals surface area contributed by atoms with E-state index in [1.54, 1.807) is 7.11 Å². The van der Waals surface area contributed by atoms with E-state index in [1.807, 2.05) is 19.1 Å². The molecule has 0 bridgehead atoms. The van der Waals surface area contributed by atoms with Gasteiger partial charge in [0.25, 0.3) is 0 Å². The molecule has 1 aliphatic rings. The Morgan fingerprint density at radius 3 is 2.57 bits per heavy atom. The summed E-state index contributed by atoms with van der Waals surface area (Å²) in [6.45, 7) is 5.01. The van der Waals surface area contributed by atoms with Crippen LogP contribution in [0.1, 0.15) is 19.8 Å². The molecule has 5 nitrogen and oxygen atoms in total. The monoisotopic (exact) mass is 291 g/mol. The van der Waals surface area contributed by atoms with E-state index in [9.17, 15) is 4.79 Å². The SMILES string of the molecule is COCC(C)NC(=O)CNc1ccc(N2CCCC2)cc1. The Morgan fingerprint density at radius 2 is 1.95 bits per heavy atom. The molecular formula is C16H25N3O2. The molecule has 0 aliphatic carbocycles. The van der Waals surface area contributed by atoms with Gasteiger partial charge in [0.15, 0.2) is 0 Å². The number of amides is 1. The number of nitrogens with zero attached hydrogens (tertiary/aromatic N) is 1. The number of anilines is 2. The van der Waals surface area contributed by atoms with Crippen LogP contribution in [0.25, 0.3) is 0 Å². The summed E-state index contributed by atoms with van der Waals surface area (Å²) >= 11 is 0. The Balaban J connectivity index is 1.76. The maximum Gasteiger partial charge on any atom is 0.239 e. The Hall–Kier alpha value is -1.75. The molecule has 1 aromatic carbocycles. The van der Waals surface area contributed by atoms with Crippen LogP contribution in [0.3, 0.4) is 0 Å². The van der Waals surface area contributed by atoms with Crippen molar-refractivity contribution in [1.29, 1.82) is 0 Å². The smallest absolute Gasteiger partial charge is 0.239 e. The fourth-order valence-corrected chi connectivity index (χ4v) is 2.57. The highest BCUT2D eigenvalue weighted by molar-refractivity contribution is 5.81. The second-order valence-corrected chi connectivity index (χ2v) is 5.52. The molecule has 5 heteroatoms. The van der Waals surface area contributed by atoms with Crippen molar-refractivity contribution in [3.8, 4) is 0 Å². The predicted octanol–water partition coefficient (Wildman–Crippen LogP) is 1.85. The van der Waals surface area contributed by atoms with E-state index in [4.69, 9.17) is 4.74 Å². The minimum absolute atomic E-state index is 0.0248. The van der Waals surface area contributed by atoms with E-state index in [0.717, 1.165) is 18.8 Å². The molecule has 0 saturated carbocycles. The number of hydrogen-bond donors (Lipinski definition) is 2. The summed E-state index contributed by atoms with van der Waals surface area (Å²) in [6.07, 6.45) is 2.56. The van der Waals surface area contributed by atoms with Gasteiger partial charge in [0.05, 0.1) is 13.2 Å². The highest BCUT2D eigenvalue weighted by atomic mass is 16.5. The fraction of sp³-hybridized carbons (Fsp3) is 0.562. The molecule has 2 rings (SSSR count). The van der Waals surface area contributed by atoms with Crippen molar-refractivity contribution in [2.45, 2.75) is 25.8 Å². The van der Waals surface area contributed by atoms with Crippen LogP contribution in [0.15, 0.2) is 24.3 Å². The molecule has 1 aliphatic heterocycles. The van der Waals surface area contributed by atoms with Gasteiger partial charge in [-0.2, -0.15) is 0 Å². The van der Waals surface area contributed by atoms with E-state index in [2.05, 4.69) is 27.7 Å². The Kier molecular flexibility index (Phi) is 5.87. The van der Waals surface area contributed by atoms with Gasteiger partial charge in [0.2, 0.25) is 5.91 Å². The summed E-state index contributed by atoms with van der Waals surface area (Å²) in [4.78, 5) is 14.1. The van der Waals surface area contributed by atoms with Gasteiger partial charge in [-0.1, -0.05) is 0 Å². The number of carbonyl (C=O) groups is 1. The zero-order valence-corrected chi connectivity index (χ0v) is 12.9. The van der Waals surface area contributed by atoms with E-state index < -0.39 is 0 Å². The van der Waals surface area contributed by atoms with Crippen molar-refractivity contribution in [3.05, 3.63) is 24.3 Å². The van der Waals surface area contributed by atoms with Gasteiger partial charge in [-0.15, -0.1) is 0 Å². The predicted molar refractivity (Wildman–Crippen MR) is 85.9 cm³/mol. The number of rotatable bonds is 7. The van der Waals surface area contributed by atoms with Crippen LogP contribution >= 0.6 is 0 Å². The zero-order valence-electron chi connectivity index (χ0n) is 12.9. The number of carbonyl (C=O) groups excluding carboxylic acids is 1. The normalized spacial score (nSPS) is 15.8. The first-order chi connectivity index (χ1) is 10.2. The number of ether oxygens (including phenoxy) is 1. The Bertz CT molecular complexity index is 441. The molecule has 1 aromatic rings. The third-order valence-electron chi connectivity index (χ3n) is 3.62. The Labute approximate surface area is 126 Å². The first-order valence-electron chi connectivity index (χ1n) is 7.56. The van der Waals surface area contributed by atoms with Gasteiger partial charge in [-0.25, -0.2) is 0 Å². The van der Waals surface area contributed by atoms with Gasteiger partial charge < -0.3 is 20.3 Å². The summed E-state index contributed by atoms with van der Waals surface area (Å²) < 4.78 is 4.99. The summed E-state index contributed by atoms with van der Waals surface area (Å²) in [5, 5.41) is 6.01. The van der Waals surface area contributed by atoms with Crippen LogP contribution in [-0.4, -0.2) is 45.3 Å². The average Bonchev–Trinajstić information content (AvgIpc) is 3.00. The number of nitrogens with one attached hydrogen (secondary N) is 2. The molecule has 1 atom stereocenters. The standard InChI is InChI=1S/C16H25N3O2/c1-13(12-21-2)18-16(20)11-17-14-5-7-15(8-6-14)19-9-3-4-10-19/h5-8,13,17H,3-4,9-12H2,1-2H3,(H,18,20). The molecule has 1 unspecified atom stereocenters. The second kappa shape index (κ2) is 7.88. The lowest BCUT2D eigenvalue weighted by Gasteiger charge is -2.18. The maximum absolute atomic E-state index is 11.7. The zero-order chi connectivity index (χ0) is 15.1. The number of methoxy groups -OCH3 is 1. The van der Waals surface area contributed by atoms with Gasteiger partial charge >= 0.3 is 0 Å². The molecule has 0 spiro atoms. The molecule has 2 N–H and O–H groups in total. The minimum atomic E-state index is -0.0248. The summed E-state index contributed by atoms with van der Waals surface area (Å²) in [5.74, 6) is -0.0248. The first kappa shape index (κ1) is 15.6. The van der Waals surface area contributed by atoms with Crippen LogP contribution in [0.4, 0.5) is 11.4 Å². The maximum atomic E-state index is 11.7. The Morgan fingerprint density at radius 1 is 1.29 bits per heavy atom. The lowest BCUT2D eigenvalue weighted by Crippen LogP contribution is -2.39. The lowest BCUT2D eigenvalue weighted by molar-refractivity contribution is -0.120. The topological polar surface area (TPSA) is 53.6 Å². The summed E-state index contributed by atoms with van der Waals surface area (Å²) in [7, 11) is 1.63. The largest absolute Gasteiger partial charge is 0.383 e. The quantitative estimate of drug-likeness (QED) is 0.805. The average molecular weight is 291 g/mol. The van der Waals surface area contributed by atoms with Crippen LogP contribution in [0, 0.1) is 0 Å². The molecule has 1 amide bonds. The molecular weight excluding hydrogens is 266 g/mol. The van der Waals surface area contributed by atoms with Gasteiger partial charge in [0.1, 0.15) is 0 Å².